The first kappa shape index (κ1) is 14.9. The van der Waals surface area contributed by atoms with Crippen LogP contribution < -0.4 is 10.1 Å². The third-order valence-corrected chi connectivity index (χ3v) is 2.32. The van der Waals surface area contributed by atoms with Crippen LogP contribution in [0.4, 0.5) is 4.39 Å². The molecule has 0 saturated carbocycles. The molecule has 4 nitrogen and oxygen atoms in total. The third kappa shape index (κ3) is 5.00. The highest BCUT2D eigenvalue weighted by Crippen LogP contribution is 2.18. The van der Waals surface area contributed by atoms with Crippen molar-refractivity contribution in [1.29, 1.82) is 0 Å². The fraction of sp³-hybridized carbons (Fsp3) is 0.538. The summed E-state index contributed by atoms with van der Waals surface area (Å²) in [5.74, 6) is -0.281. The molecule has 0 fully saturated rings. The molecule has 1 aromatic rings. The first-order chi connectivity index (χ1) is 8.67. The number of aliphatic hydroxyl groups is 1. The van der Waals surface area contributed by atoms with Crippen LogP contribution in [0, 0.1) is 5.82 Å². The Labute approximate surface area is 107 Å². The standard InChI is InChI=1S/C13H20FNO3/c1-3-17-8-11(16)9-18-13-5-4-10(7-15-2)6-12(13)14/h4-6,11,15-16H,3,7-9H2,1-2H3. The van der Waals surface area contributed by atoms with Crippen LogP contribution in [0.3, 0.4) is 0 Å². The summed E-state index contributed by atoms with van der Waals surface area (Å²) in [6.07, 6.45) is -0.749. The van der Waals surface area contributed by atoms with E-state index in [0.29, 0.717) is 13.2 Å². The molecule has 1 atom stereocenters. The van der Waals surface area contributed by atoms with E-state index in [0.717, 1.165) is 5.56 Å². The Morgan fingerprint density at radius 3 is 2.78 bits per heavy atom. The number of halogens is 1. The molecule has 0 aliphatic carbocycles. The van der Waals surface area contributed by atoms with Crippen molar-refractivity contribution in [2.75, 3.05) is 26.9 Å². The SMILES string of the molecule is CCOCC(O)COc1ccc(CNC)cc1F. The molecule has 0 aliphatic heterocycles. The monoisotopic (exact) mass is 257 g/mol. The van der Waals surface area contributed by atoms with Gasteiger partial charge >= 0.3 is 0 Å². The van der Waals surface area contributed by atoms with Crippen molar-refractivity contribution in [2.24, 2.45) is 0 Å². The first-order valence-corrected chi connectivity index (χ1v) is 5.99. The summed E-state index contributed by atoms with van der Waals surface area (Å²) < 4.78 is 23.8. The van der Waals surface area contributed by atoms with E-state index in [-0.39, 0.29) is 19.0 Å². The lowest BCUT2D eigenvalue weighted by Crippen LogP contribution is -2.23. The number of ether oxygens (including phenoxy) is 2. The summed E-state index contributed by atoms with van der Waals surface area (Å²) in [5, 5.41) is 12.4. The van der Waals surface area contributed by atoms with Gasteiger partial charge < -0.3 is 19.9 Å². The predicted octanol–water partition coefficient (Wildman–Crippen LogP) is 1.32. The highest BCUT2D eigenvalue weighted by atomic mass is 19.1. The van der Waals surface area contributed by atoms with E-state index >= 15 is 0 Å². The number of hydrogen-bond acceptors (Lipinski definition) is 4. The molecular formula is C13H20FNO3. The van der Waals surface area contributed by atoms with Crippen molar-refractivity contribution in [2.45, 2.75) is 19.6 Å². The largest absolute Gasteiger partial charge is 0.488 e. The van der Waals surface area contributed by atoms with Gasteiger partial charge in [-0.1, -0.05) is 6.07 Å². The molecule has 0 radical (unpaired) electrons. The molecule has 0 spiro atoms. The molecule has 0 amide bonds. The summed E-state index contributed by atoms with van der Waals surface area (Å²) in [4.78, 5) is 0. The van der Waals surface area contributed by atoms with Crippen LogP contribution in [0.25, 0.3) is 0 Å². The van der Waals surface area contributed by atoms with Gasteiger partial charge in [-0.15, -0.1) is 0 Å². The highest BCUT2D eigenvalue weighted by molar-refractivity contribution is 5.29. The van der Waals surface area contributed by atoms with Crippen LogP contribution in [-0.4, -0.2) is 38.1 Å². The molecule has 1 rings (SSSR count). The average Bonchev–Trinajstić information content (AvgIpc) is 2.35. The summed E-state index contributed by atoms with van der Waals surface area (Å²) in [5.41, 5.74) is 0.845. The number of rotatable bonds is 8. The molecular weight excluding hydrogens is 237 g/mol. The van der Waals surface area contributed by atoms with E-state index in [2.05, 4.69) is 5.32 Å². The van der Waals surface area contributed by atoms with Crippen LogP contribution >= 0.6 is 0 Å². The second kappa shape index (κ2) is 8.02. The summed E-state index contributed by atoms with van der Waals surface area (Å²) in [7, 11) is 1.80. The number of hydrogen-bond donors (Lipinski definition) is 2. The van der Waals surface area contributed by atoms with Gasteiger partial charge in [0.25, 0.3) is 0 Å². The Kier molecular flexibility index (Phi) is 6.64. The van der Waals surface area contributed by atoms with Crippen molar-refractivity contribution < 1.29 is 19.0 Å². The van der Waals surface area contributed by atoms with Gasteiger partial charge in [-0.05, 0) is 31.7 Å². The Bertz CT molecular complexity index is 360. The summed E-state index contributed by atoms with van der Waals surface area (Å²) in [6, 6.07) is 4.76. The minimum absolute atomic E-state index is 0.0162. The van der Waals surface area contributed by atoms with Gasteiger partial charge in [0.15, 0.2) is 11.6 Å². The van der Waals surface area contributed by atoms with Gasteiger partial charge in [0, 0.05) is 13.2 Å². The van der Waals surface area contributed by atoms with Crippen LogP contribution in [-0.2, 0) is 11.3 Å². The molecule has 2 N–H and O–H groups in total. The summed E-state index contributed by atoms with van der Waals surface area (Å²) in [6.45, 7) is 3.18. The van der Waals surface area contributed by atoms with E-state index in [4.69, 9.17) is 9.47 Å². The van der Waals surface area contributed by atoms with E-state index in [1.165, 1.54) is 6.07 Å². The quantitative estimate of drug-likeness (QED) is 0.737. The minimum atomic E-state index is -0.749. The van der Waals surface area contributed by atoms with Crippen molar-refractivity contribution in [3.8, 4) is 5.75 Å². The first-order valence-electron chi connectivity index (χ1n) is 5.99. The summed E-state index contributed by atoms with van der Waals surface area (Å²) >= 11 is 0. The van der Waals surface area contributed by atoms with Crippen LogP contribution in [0.5, 0.6) is 5.75 Å². The molecule has 5 heteroatoms. The third-order valence-electron chi connectivity index (χ3n) is 2.32. The number of benzene rings is 1. The van der Waals surface area contributed by atoms with Gasteiger partial charge in [-0.3, -0.25) is 0 Å². The maximum atomic E-state index is 13.6. The van der Waals surface area contributed by atoms with Gasteiger partial charge in [0.1, 0.15) is 12.7 Å². The van der Waals surface area contributed by atoms with E-state index in [1.54, 1.807) is 19.2 Å². The lowest BCUT2D eigenvalue weighted by Gasteiger charge is -2.13. The van der Waals surface area contributed by atoms with Crippen LogP contribution in [0.15, 0.2) is 18.2 Å². The van der Waals surface area contributed by atoms with Gasteiger partial charge in [-0.2, -0.15) is 0 Å². The van der Waals surface area contributed by atoms with Gasteiger partial charge in [-0.25, -0.2) is 4.39 Å². The molecule has 0 saturated heterocycles. The smallest absolute Gasteiger partial charge is 0.165 e. The Morgan fingerprint density at radius 2 is 2.17 bits per heavy atom. The van der Waals surface area contributed by atoms with Crippen molar-refractivity contribution in [3.63, 3.8) is 0 Å². The van der Waals surface area contributed by atoms with E-state index in [9.17, 15) is 9.50 Å². The van der Waals surface area contributed by atoms with Crippen LogP contribution in [0.2, 0.25) is 0 Å². The lowest BCUT2D eigenvalue weighted by atomic mass is 10.2. The van der Waals surface area contributed by atoms with Crippen molar-refractivity contribution in [1.82, 2.24) is 5.32 Å². The highest BCUT2D eigenvalue weighted by Gasteiger charge is 2.08. The zero-order valence-corrected chi connectivity index (χ0v) is 10.8. The Morgan fingerprint density at radius 1 is 1.39 bits per heavy atom. The molecule has 18 heavy (non-hydrogen) atoms. The average molecular weight is 257 g/mol. The predicted molar refractivity (Wildman–Crippen MR) is 67.2 cm³/mol. The second-order valence-electron chi connectivity index (χ2n) is 3.92. The molecule has 0 aromatic heterocycles. The molecule has 0 bridgehead atoms. The zero-order valence-electron chi connectivity index (χ0n) is 10.8. The molecule has 0 aliphatic rings. The van der Waals surface area contributed by atoms with E-state index < -0.39 is 11.9 Å². The lowest BCUT2D eigenvalue weighted by molar-refractivity contribution is 0.0157. The maximum absolute atomic E-state index is 13.6. The van der Waals surface area contributed by atoms with Crippen molar-refractivity contribution >= 4 is 0 Å². The number of nitrogens with one attached hydrogen (secondary N) is 1. The number of aliphatic hydroxyl groups excluding tert-OH is 1. The van der Waals surface area contributed by atoms with Crippen LogP contribution in [0.1, 0.15) is 12.5 Å². The van der Waals surface area contributed by atoms with Crippen molar-refractivity contribution in [3.05, 3.63) is 29.6 Å². The zero-order chi connectivity index (χ0) is 13.4. The Balaban J connectivity index is 2.47. The topological polar surface area (TPSA) is 50.7 Å². The fourth-order valence-electron chi connectivity index (χ4n) is 1.46. The second-order valence-corrected chi connectivity index (χ2v) is 3.92. The van der Waals surface area contributed by atoms with Gasteiger partial charge in [0.2, 0.25) is 0 Å². The molecule has 1 aromatic carbocycles. The fourth-order valence-corrected chi connectivity index (χ4v) is 1.46. The normalized spacial score (nSPS) is 12.4. The van der Waals surface area contributed by atoms with E-state index in [1.807, 2.05) is 6.92 Å². The van der Waals surface area contributed by atoms with Gasteiger partial charge in [0.05, 0.1) is 6.61 Å². The minimum Gasteiger partial charge on any atom is -0.488 e. The Hall–Kier alpha value is -1.17. The molecule has 102 valence electrons. The maximum Gasteiger partial charge on any atom is 0.165 e. The molecule has 1 unspecified atom stereocenters. The molecule has 0 heterocycles.